The fraction of sp³-hybridized carbons (Fsp3) is 0.321. The van der Waals surface area contributed by atoms with Crippen LogP contribution in [0.1, 0.15) is 44.9 Å². The Morgan fingerprint density at radius 1 is 1.21 bits per heavy atom. The summed E-state index contributed by atoms with van der Waals surface area (Å²) >= 11 is 11.3. The van der Waals surface area contributed by atoms with Gasteiger partial charge in [0.25, 0.3) is 5.56 Å². The first kappa shape index (κ1) is 28.9. The molecule has 0 unspecified atom stereocenters. The van der Waals surface area contributed by atoms with Crippen LogP contribution in [0.4, 0.5) is 0 Å². The van der Waals surface area contributed by atoms with Crippen molar-refractivity contribution in [3.8, 4) is 17.2 Å². The van der Waals surface area contributed by atoms with Gasteiger partial charge < -0.3 is 18.9 Å². The minimum Gasteiger partial charge on any atom is -0.496 e. The molecule has 4 rings (SSSR count). The number of benzene rings is 2. The molecular weight excluding hydrogens is 608 g/mol. The highest BCUT2D eigenvalue weighted by Crippen LogP contribution is 2.38. The van der Waals surface area contributed by atoms with Gasteiger partial charge in [-0.15, -0.1) is 0 Å². The molecule has 2 aromatic carbocycles. The molecule has 1 aliphatic heterocycles. The van der Waals surface area contributed by atoms with Gasteiger partial charge in [0.1, 0.15) is 5.75 Å². The molecule has 1 atom stereocenters. The molecule has 0 N–H and O–H groups in total. The summed E-state index contributed by atoms with van der Waals surface area (Å²) in [6.45, 7) is 7.47. The Hall–Kier alpha value is -3.08. The smallest absolute Gasteiger partial charge is 0.338 e. The largest absolute Gasteiger partial charge is 0.496 e. The molecule has 11 heteroatoms. The van der Waals surface area contributed by atoms with Crippen LogP contribution in [0.25, 0.3) is 6.08 Å². The first-order valence-corrected chi connectivity index (χ1v) is 14.2. The van der Waals surface area contributed by atoms with Crippen LogP contribution in [0.2, 0.25) is 5.02 Å². The monoisotopic (exact) mass is 634 g/mol. The number of ether oxygens (including phenoxy) is 4. The molecule has 0 saturated heterocycles. The van der Waals surface area contributed by atoms with Crippen LogP contribution < -0.4 is 29.1 Å². The number of nitrogens with zero attached hydrogens (tertiary/aromatic N) is 2. The number of fused-ring (bicyclic) bond motifs is 1. The zero-order valence-corrected chi connectivity index (χ0v) is 25.5. The lowest BCUT2D eigenvalue weighted by atomic mass is 9.96. The van der Waals surface area contributed by atoms with Crippen molar-refractivity contribution in [1.29, 1.82) is 0 Å². The van der Waals surface area contributed by atoms with E-state index in [-0.39, 0.29) is 18.3 Å². The van der Waals surface area contributed by atoms with Crippen molar-refractivity contribution in [2.24, 2.45) is 4.99 Å². The van der Waals surface area contributed by atoms with Crippen LogP contribution >= 0.6 is 38.9 Å². The highest BCUT2D eigenvalue weighted by molar-refractivity contribution is 9.10. The number of methoxy groups -OCH3 is 2. The van der Waals surface area contributed by atoms with E-state index in [9.17, 15) is 9.59 Å². The third-order valence-corrected chi connectivity index (χ3v) is 7.80. The predicted octanol–water partition coefficient (Wildman–Crippen LogP) is 5.02. The lowest BCUT2D eigenvalue weighted by Gasteiger charge is -2.25. The minimum atomic E-state index is -0.746. The van der Waals surface area contributed by atoms with E-state index in [0.29, 0.717) is 58.5 Å². The highest BCUT2D eigenvalue weighted by atomic mass is 79.9. The third kappa shape index (κ3) is 5.78. The Morgan fingerprint density at radius 3 is 2.54 bits per heavy atom. The SMILES string of the molecule is CCOC(=O)C1=C(C)N=c2s/c(=C\c3cc(Cl)c(OC(C)C)c(OC)c3)c(=O)n2[C@@H]1c1ccc(OC)c(Br)c1. The van der Waals surface area contributed by atoms with Crippen LogP contribution in [-0.4, -0.2) is 37.5 Å². The fourth-order valence-electron chi connectivity index (χ4n) is 4.28. The molecule has 39 heavy (non-hydrogen) atoms. The molecule has 0 amide bonds. The maximum Gasteiger partial charge on any atom is 0.338 e. The number of hydrogen-bond donors (Lipinski definition) is 0. The van der Waals surface area contributed by atoms with Gasteiger partial charge in [-0.2, -0.15) is 0 Å². The second-order valence-electron chi connectivity index (χ2n) is 8.90. The van der Waals surface area contributed by atoms with E-state index in [4.69, 9.17) is 30.5 Å². The number of hydrogen-bond acceptors (Lipinski definition) is 8. The molecule has 8 nitrogen and oxygen atoms in total. The number of halogens is 2. The maximum absolute atomic E-state index is 13.9. The Labute approximate surface area is 243 Å². The Morgan fingerprint density at radius 2 is 1.92 bits per heavy atom. The topological polar surface area (TPSA) is 88.4 Å². The van der Waals surface area contributed by atoms with Gasteiger partial charge in [0.05, 0.1) is 58.3 Å². The summed E-state index contributed by atoms with van der Waals surface area (Å²) in [6, 6.07) is 8.16. The van der Waals surface area contributed by atoms with Crippen LogP contribution in [0.15, 0.2) is 55.9 Å². The Bertz CT molecular complexity index is 1640. The van der Waals surface area contributed by atoms with Crippen LogP contribution in [-0.2, 0) is 9.53 Å². The van der Waals surface area contributed by atoms with Gasteiger partial charge in [-0.3, -0.25) is 9.36 Å². The van der Waals surface area contributed by atoms with Crippen molar-refractivity contribution in [3.05, 3.63) is 81.9 Å². The van der Waals surface area contributed by atoms with Gasteiger partial charge >= 0.3 is 5.97 Å². The van der Waals surface area contributed by atoms with E-state index in [1.807, 2.05) is 26.0 Å². The predicted molar refractivity (Wildman–Crippen MR) is 155 cm³/mol. The molecule has 0 bridgehead atoms. The first-order valence-electron chi connectivity index (χ1n) is 12.2. The standard InChI is InChI=1S/C28H28BrClN2O6S/c1-7-37-27(34)23-15(4)31-28-32(24(23)17-8-9-20(35-5)18(29)13-17)26(33)22(39-28)12-16-10-19(30)25(38-14(2)3)21(11-16)36-6/h8-14,24H,7H2,1-6H3/b22-12-/t24-/m1/s1. The lowest BCUT2D eigenvalue weighted by Crippen LogP contribution is -2.40. The van der Waals surface area contributed by atoms with E-state index in [1.165, 1.54) is 23.0 Å². The number of allylic oxidation sites excluding steroid dienone is 1. The van der Waals surface area contributed by atoms with Gasteiger partial charge in [-0.25, -0.2) is 9.79 Å². The maximum atomic E-state index is 13.9. The highest BCUT2D eigenvalue weighted by Gasteiger charge is 2.33. The van der Waals surface area contributed by atoms with Crippen molar-refractivity contribution in [1.82, 2.24) is 4.57 Å². The summed E-state index contributed by atoms with van der Waals surface area (Å²) in [5, 5.41) is 0.364. The third-order valence-electron chi connectivity index (χ3n) is 5.91. The van der Waals surface area contributed by atoms with E-state index >= 15 is 0 Å². The lowest BCUT2D eigenvalue weighted by molar-refractivity contribution is -0.139. The minimum absolute atomic E-state index is 0.0965. The first-order chi connectivity index (χ1) is 18.6. The zero-order valence-electron chi connectivity index (χ0n) is 22.3. The summed E-state index contributed by atoms with van der Waals surface area (Å²) < 4.78 is 24.7. The van der Waals surface area contributed by atoms with E-state index < -0.39 is 12.0 Å². The van der Waals surface area contributed by atoms with Gasteiger partial charge in [-0.1, -0.05) is 29.0 Å². The number of carbonyl (C=O) groups excluding carboxylic acids is 1. The molecule has 1 aromatic heterocycles. The molecule has 2 heterocycles. The molecule has 0 saturated carbocycles. The number of thiazole rings is 1. The van der Waals surface area contributed by atoms with E-state index in [2.05, 4.69) is 20.9 Å². The second kappa shape index (κ2) is 12.0. The summed E-state index contributed by atoms with van der Waals surface area (Å²) in [5.41, 5.74) is 1.84. The Kier molecular flexibility index (Phi) is 8.88. The van der Waals surface area contributed by atoms with Crippen LogP contribution in [0.5, 0.6) is 17.2 Å². The summed E-state index contributed by atoms with van der Waals surface area (Å²) in [7, 11) is 3.10. The fourth-order valence-corrected chi connectivity index (χ4v) is 6.15. The van der Waals surface area contributed by atoms with Crippen molar-refractivity contribution in [2.45, 2.75) is 39.8 Å². The van der Waals surface area contributed by atoms with Crippen molar-refractivity contribution in [3.63, 3.8) is 0 Å². The molecule has 1 aliphatic rings. The van der Waals surface area contributed by atoms with Gasteiger partial charge in [0.2, 0.25) is 0 Å². The molecule has 0 radical (unpaired) electrons. The van der Waals surface area contributed by atoms with Crippen molar-refractivity contribution < 1.29 is 23.7 Å². The average molecular weight is 636 g/mol. The molecular formula is C28H28BrClN2O6S. The van der Waals surface area contributed by atoms with Crippen molar-refractivity contribution >= 4 is 50.9 Å². The average Bonchev–Trinajstić information content (AvgIpc) is 3.18. The van der Waals surface area contributed by atoms with E-state index in [0.717, 1.165) is 0 Å². The number of rotatable bonds is 8. The van der Waals surface area contributed by atoms with Gasteiger partial charge in [-0.05, 0) is 85.1 Å². The summed E-state index contributed by atoms with van der Waals surface area (Å²) in [6.07, 6.45) is 1.63. The van der Waals surface area contributed by atoms with Gasteiger partial charge in [0, 0.05) is 0 Å². The van der Waals surface area contributed by atoms with Crippen LogP contribution in [0.3, 0.4) is 0 Å². The summed E-state index contributed by atoms with van der Waals surface area (Å²) in [5.74, 6) is 0.992. The van der Waals surface area contributed by atoms with Gasteiger partial charge in [0.15, 0.2) is 16.3 Å². The van der Waals surface area contributed by atoms with Crippen LogP contribution in [0, 0.1) is 0 Å². The quantitative estimate of drug-likeness (QED) is 0.323. The zero-order chi connectivity index (χ0) is 28.4. The Balaban J connectivity index is 1.93. The summed E-state index contributed by atoms with van der Waals surface area (Å²) in [4.78, 5) is 32.1. The molecule has 3 aromatic rings. The molecule has 0 fully saturated rings. The number of aromatic nitrogens is 1. The van der Waals surface area contributed by atoms with Crippen molar-refractivity contribution in [2.75, 3.05) is 20.8 Å². The number of carbonyl (C=O) groups is 1. The number of esters is 1. The molecule has 0 spiro atoms. The van der Waals surface area contributed by atoms with E-state index in [1.54, 1.807) is 45.2 Å². The molecule has 0 aliphatic carbocycles. The second-order valence-corrected chi connectivity index (χ2v) is 11.2. The molecule has 206 valence electrons. The normalized spacial score (nSPS) is 15.2.